The first kappa shape index (κ1) is 27.2. The van der Waals surface area contributed by atoms with Gasteiger partial charge in [-0.05, 0) is 45.0 Å². The number of hydrogen-bond donors (Lipinski definition) is 0. The van der Waals surface area contributed by atoms with E-state index in [0.717, 1.165) is 0 Å². The van der Waals surface area contributed by atoms with Crippen LogP contribution in [0.3, 0.4) is 0 Å². The summed E-state index contributed by atoms with van der Waals surface area (Å²) in [4.78, 5) is 37.3. The number of nitrogens with zero attached hydrogens (tertiary/aromatic N) is 4. The molecule has 0 aliphatic carbocycles. The zero-order chi connectivity index (χ0) is 27.4. The Morgan fingerprint density at radius 1 is 1.03 bits per heavy atom. The Hall–Kier alpha value is -3.83. The number of sulfonamides is 1. The SMILES string of the molecule is CCOC(=O)c1c(C(=O)N2CCN(S(=O)(=O)c3ccc(OC)cc3)C(C)C2)nc(C)nc1-c1ccccc1. The summed E-state index contributed by atoms with van der Waals surface area (Å²) < 4.78 is 38.4. The van der Waals surface area contributed by atoms with Crippen LogP contribution in [-0.4, -0.2) is 78.9 Å². The van der Waals surface area contributed by atoms with E-state index in [4.69, 9.17) is 9.47 Å². The predicted molar refractivity (Wildman–Crippen MR) is 140 cm³/mol. The maximum Gasteiger partial charge on any atom is 0.342 e. The first-order valence-corrected chi connectivity index (χ1v) is 13.7. The van der Waals surface area contributed by atoms with Crippen LogP contribution in [0.4, 0.5) is 0 Å². The molecule has 10 nitrogen and oxygen atoms in total. The molecule has 11 heteroatoms. The van der Waals surface area contributed by atoms with Gasteiger partial charge in [0.2, 0.25) is 10.0 Å². The third kappa shape index (κ3) is 5.39. The molecule has 200 valence electrons. The number of esters is 1. The molecule has 0 bridgehead atoms. The topological polar surface area (TPSA) is 119 Å². The molecule has 0 N–H and O–H groups in total. The first-order chi connectivity index (χ1) is 18.2. The van der Waals surface area contributed by atoms with Gasteiger partial charge in [-0.15, -0.1) is 0 Å². The molecule has 4 rings (SSSR count). The molecule has 1 atom stereocenters. The van der Waals surface area contributed by atoms with Crippen molar-refractivity contribution >= 4 is 21.9 Å². The Morgan fingerprint density at radius 3 is 2.32 bits per heavy atom. The number of aromatic nitrogens is 2. The minimum atomic E-state index is -3.79. The molecule has 3 aromatic rings. The van der Waals surface area contributed by atoms with Crippen LogP contribution in [0.2, 0.25) is 0 Å². The van der Waals surface area contributed by atoms with Gasteiger partial charge in [0.1, 0.15) is 22.8 Å². The Labute approximate surface area is 222 Å². The largest absolute Gasteiger partial charge is 0.497 e. The van der Waals surface area contributed by atoms with Crippen LogP contribution in [0.25, 0.3) is 11.3 Å². The number of methoxy groups -OCH3 is 1. The van der Waals surface area contributed by atoms with Crippen LogP contribution in [0.5, 0.6) is 5.75 Å². The third-order valence-electron chi connectivity index (χ3n) is 6.27. The number of rotatable bonds is 7. The fourth-order valence-electron chi connectivity index (χ4n) is 4.44. The number of hydrogen-bond acceptors (Lipinski definition) is 8. The summed E-state index contributed by atoms with van der Waals surface area (Å²) >= 11 is 0. The number of benzene rings is 2. The third-order valence-corrected chi connectivity index (χ3v) is 8.30. The van der Waals surface area contributed by atoms with E-state index in [1.54, 1.807) is 45.0 Å². The summed E-state index contributed by atoms with van der Waals surface area (Å²) in [7, 11) is -2.28. The van der Waals surface area contributed by atoms with E-state index in [1.165, 1.54) is 28.4 Å². The van der Waals surface area contributed by atoms with Gasteiger partial charge in [0.25, 0.3) is 5.91 Å². The van der Waals surface area contributed by atoms with Crippen molar-refractivity contribution in [2.45, 2.75) is 31.7 Å². The van der Waals surface area contributed by atoms with Crippen LogP contribution < -0.4 is 4.74 Å². The zero-order valence-electron chi connectivity index (χ0n) is 21.7. The quantitative estimate of drug-likeness (QED) is 0.421. The van der Waals surface area contributed by atoms with Crippen LogP contribution in [-0.2, 0) is 14.8 Å². The Morgan fingerprint density at radius 2 is 1.71 bits per heavy atom. The average molecular weight is 539 g/mol. The Balaban J connectivity index is 1.64. The van der Waals surface area contributed by atoms with Crippen molar-refractivity contribution < 1.29 is 27.5 Å². The average Bonchev–Trinajstić information content (AvgIpc) is 2.92. The number of amides is 1. The van der Waals surface area contributed by atoms with Crippen molar-refractivity contribution in [1.29, 1.82) is 0 Å². The van der Waals surface area contributed by atoms with E-state index < -0.39 is 27.9 Å². The highest BCUT2D eigenvalue weighted by Gasteiger charge is 2.37. The van der Waals surface area contributed by atoms with E-state index in [1.807, 2.05) is 18.2 Å². The second-order valence-corrected chi connectivity index (χ2v) is 10.7. The molecule has 1 aliphatic rings. The summed E-state index contributed by atoms with van der Waals surface area (Å²) in [6, 6.07) is 14.7. The molecule has 1 aliphatic heterocycles. The van der Waals surface area contributed by atoms with Gasteiger partial charge in [-0.1, -0.05) is 30.3 Å². The van der Waals surface area contributed by atoms with Gasteiger partial charge in [-0.25, -0.2) is 23.2 Å². The molecule has 1 aromatic heterocycles. The summed E-state index contributed by atoms with van der Waals surface area (Å²) in [5, 5.41) is 0. The predicted octanol–water partition coefficient (Wildman–Crippen LogP) is 3.17. The van der Waals surface area contributed by atoms with Gasteiger partial charge in [0, 0.05) is 31.2 Å². The molecule has 0 saturated carbocycles. The minimum absolute atomic E-state index is 0.00501. The molecular weight excluding hydrogens is 508 g/mol. The van der Waals surface area contributed by atoms with E-state index >= 15 is 0 Å². The lowest BCUT2D eigenvalue weighted by Gasteiger charge is -2.39. The van der Waals surface area contributed by atoms with Crippen molar-refractivity contribution in [2.24, 2.45) is 0 Å². The fraction of sp³-hybridized carbons (Fsp3) is 0.333. The lowest BCUT2D eigenvalue weighted by atomic mass is 10.0. The van der Waals surface area contributed by atoms with E-state index in [0.29, 0.717) is 22.8 Å². The number of carbonyl (C=O) groups is 2. The standard InChI is InChI=1S/C27H30N4O6S/c1-5-37-27(33)23-24(20-9-7-6-8-10-20)28-19(3)29-25(23)26(32)30-15-16-31(18(2)17-30)38(34,35)22-13-11-21(36-4)12-14-22/h6-14,18H,5,15-17H2,1-4H3. The summed E-state index contributed by atoms with van der Waals surface area (Å²) in [5.41, 5.74) is 0.899. The minimum Gasteiger partial charge on any atom is -0.497 e. The highest BCUT2D eigenvalue weighted by molar-refractivity contribution is 7.89. The molecule has 1 unspecified atom stereocenters. The molecular formula is C27H30N4O6S. The molecule has 2 aromatic carbocycles. The van der Waals surface area contributed by atoms with Gasteiger partial charge in [0.05, 0.1) is 24.3 Å². The number of ether oxygens (including phenoxy) is 2. The number of piperazine rings is 1. The van der Waals surface area contributed by atoms with Crippen molar-refractivity contribution in [1.82, 2.24) is 19.2 Å². The first-order valence-electron chi connectivity index (χ1n) is 12.2. The van der Waals surface area contributed by atoms with Gasteiger partial charge >= 0.3 is 5.97 Å². The normalized spacial score (nSPS) is 16.2. The second kappa shape index (κ2) is 11.3. The van der Waals surface area contributed by atoms with Crippen molar-refractivity contribution in [3.63, 3.8) is 0 Å². The molecule has 38 heavy (non-hydrogen) atoms. The number of carbonyl (C=O) groups excluding carboxylic acids is 2. The van der Waals surface area contributed by atoms with Crippen LogP contribution in [0, 0.1) is 6.92 Å². The van der Waals surface area contributed by atoms with Gasteiger partial charge in [-0.2, -0.15) is 4.31 Å². The molecule has 0 radical (unpaired) electrons. The molecule has 1 fully saturated rings. The Bertz CT molecular complexity index is 1430. The molecule has 1 saturated heterocycles. The molecule has 2 heterocycles. The van der Waals surface area contributed by atoms with Crippen molar-refractivity contribution in [3.8, 4) is 17.0 Å². The summed E-state index contributed by atoms with van der Waals surface area (Å²) in [5.74, 6) is -0.290. The van der Waals surface area contributed by atoms with Crippen LogP contribution in [0.1, 0.15) is 40.5 Å². The lowest BCUT2D eigenvalue weighted by Crippen LogP contribution is -2.55. The molecule has 0 spiro atoms. The lowest BCUT2D eigenvalue weighted by molar-refractivity contribution is 0.0511. The van der Waals surface area contributed by atoms with Gasteiger partial charge in [-0.3, -0.25) is 4.79 Å². The second-order valence-electron chi connectivity index (χ2n) is 8.82. The highest BCUT2D eigenvalue weighted by Crippen LogP contribution is 2.28. The van der Waals surface area contributed by atoms with E-state index in [-0.39, 0.29) is 42.4 Å². The summed E-state index contributed by atoms with van der Waals surface area (Å²) in [6.07, 6.45) is 0. The molecule has 1 amide bonds. The fourth-order valence-corrected chi connectivity index (χ4v) is 6.06. The van der Waals surface area contributed by atoms with Gasteiger partial charge < -0.3 is 14.4 Å². The summed E-state index contributed by atoms with van der Waals surface area (Å²) in [6.45, 7) is 5.54. The number of aryl methyl sites for hydroxylation is 1. The zero-order valence-corrected chi connectivity index (χ0v) is 22.6. The Kier molecular flexibility index (Phi) is 8.08. The van der Waals surface area contributed by atoms with Gasteiger partial charge in [0.15, 0.2) is 0 Å². The smallest absolute Gasteiger partial charge is 0.342 e. The van der Waals surface area contributed by atoms with Crippen molar-refractivity contribution in [2.75, 3.05) is 33.4 Å². The van der Waals surface area contributed by atoms with E-state index in [2.05, 4.69) is 9.97 Å². The van der Waals surface area contributed by atoms with Crippen LogP contribution in [0.15, 0.2) is 59.5 Å². The highest BCUT2D eigenvalue weighted by atomic mass is 32.2. The monoisotopic (exact) mass is 538 g/mol. The van der Waals surface area contributed by atoms with E-state index in [9.17, 15) is 18.0 Å². The van der Waals surface area contributed by atoms with Crippen LogP contribution >= 0.6 is 0 Å². The maximum atomic E-state index is 13.8. The van der Waals surface area contributed by atoms with Crippen molar-refractivity contribution in [3.05, 3.63) is 71.7 Å². The maximum absolute atomic E-state index is 13.8.